The molecule has 0 fully saturated rings. The Balaban J connectivity index is 2.15. The molecule has 1 atom stereocenters. The van der Waals surface area contributed by atoms with E-state index in [0.717, 1.165) is 12.8 Å². The van der Waals surface area contributed by atoms with Gasteiger partial charge in [0.2, 0.25) is 0 Å². The first kappa shape index (κ1) is 8.65. The molecule has 1 unspecified atom stereocenters. The van der Waals surface area contributed by atoms with E-state index in [1.807, 2.05) is 24.8 Å². The number of allylic oxidation sites excluding steroid dienone is 1. The van der Waals surface area contributed by atoms with E-state index < -0.39 is 0 Å². The number of aromatic nitrogens is 1. The van der Waals surface area contributed by atoms with Gasteiger partial charge in [-0.15, -0.1) is 0 Å². The Hall–Kier alpha value is -1.64. The van der Waals surface area contributed by atoms with Crippen molar-refractivity contribution >= 4 is 11.9 Å². The summed E-state index contributed by atoms with van der Waals surface area (Å²) in [6.07, 6.45) is 10.0. The monoisotopic (exact) mass is 199 g/mol. The number of fused-ring (bicyclic) bond motifs is 3. The van der Waals surface area contributed by atoms with Crippen LogP contribution >= 0.6 is 0 Å². The molecular weight excluding hydrogens is 186 g/mol. The number of nitrogens with zero attached hydrogens (tertiary/aromatic N) is 3. The fourth-order valence-corrected chi connectivity index (χ4v) is 2.43. The Morgan fingerprint density at radius 1 is 1.47 bits per heavy atom. The lowest BCUT2D eigenvalue weighted by Gasteiger charge is -2.15. The van der Waals surface area contributed by atoms with Crippen molar-refractivity contribution in [1.29, 1.82) is 0 Å². The van der Waals surface area contributed by atoms with Crippen LogP contribution in [0, 0.1) is 0 Å². The van der Waals surface area contributed by atoms with Crippen LogP contribution in [0.2, 0.25) is 0 Å². The summed E-state index contributed by atoms with van der Waals surface area (Å²) in [5.74, 6) is 0.510. The van der Waals surface area contributed by atoms with Gasteiger partial charge in [0, 0.05) is 37.3 Å². The zero-order valence-corrected chi connectivity index (χ0v) is 8.72. The van der Waals surface area contributed by atoms with Crippen molar-refractivity contribution in [3.63, 3.8) is 0 Å². The Morgan fingerprint density at radius 2 is 2.40 bits per heavy atom. The average Bonchev–Trinajstić information content (AvgIpc) is 2.48. The van der Waals surface area contributed by atoms with Crippen LogP contribution in [0.4, 0.5) is 5.69 Å². The van der Waals surface area contributed by atoms with Gasteiger partial charge in [-0.05, 0) is 24.5 Å². The van der Waals surface area contributed by atoms with Crippen molar-refractivity contribution in [2.24, 2.45) is 4.99 Å². The molecule has 3 heteroatoms. The second kappa shape index (κ2) is 3.19. The lowest BCUT2D eigenvalue weighted by atomic mass is 9.95. The van der Waals surface area contributed by atoms with E-state index in [1.54, 1.807) is 0 Å². The molecule has 0 saturated heterocycles. The van der Waals surface area contributed by atoms with Gasteiger partial charge < -0.3 is 4.90 Å². The van der Waals surface area contributed by atoms with Crippen molar-refractivity contribution in [2.45, 2.75) is 18.8 Å². The Bertz CT molecular complexity index is 448. The predicted molar refractivity (Wildman–Crippen MR) is 61.2 cm³/mol. The molecular formula is C12H13N3. The molecule has 0 saturated carbocycles. The zero-order chi connectivity index (χ0) is 10.3. The molecule has 1 aromatic rings. The van der Waals surface area contributed by atoms with E-state index in [0.29, 0.717) is 5.92 Å². The third-order valence-corrected chi connectivity index (χ3v) is 3.21. The van der Waals surface area contributed by atoms with Crippen molar-refractivity contribution < 1.29 is 0 Å². The maximum absolute atomic E-state index is 4.30. The molecule has 76 valence electrons. The highest BCUT2D eigenvalue weighted by Crippen LogP contribution is 2.44. The van der Waals surface area contributed by atoms with Gasteiger partial charge in [-0.1, -0.05) is 0 Å². The smallest absolute Gasteiger partial charge is 0.0632 e. The maximum atomic E-state index is 4.30. The van der Waals surface area contributed by atoms with Gasteiger partial charge >= 0.3 is 0 Å². The summed E-state index contributed by atoms with van der Waals surface area (Å²) in [6.45, 7) is 0. The average molecular weight is 199 g/mol. The summed E-state index contributed by atoms with van der Waals surface area (Å²) in [5, 5.41) is 0. The molecule has 0 N–H and O–H groups in total. The number of anilines is 1. The Morgan fingerprint density at radius 3 is 3.33 bits per heavy atom. The second-order valence-corrected chi connectivity index (χ2v) is 4.01. The number of pyridine rings is 1. The van der Waals surface area contributed by atoms with Crippen LogP contribution in [-0.4, -0.2) is 18.2 Å². The third-order valence-electron chi connectivity index (χ3n) is 3.21. The highest BCUT2D eigenvalue weighted by atomic mass is 15.2. The van der Waals surface area contributed by atoms with E-state index in [1.165, 1.54) is 16.9 Å². The second-order valence-electron chi connectivity index (χ2n) is 4.01. The SMILES string of the molecule is CN1C2=CN=CCCC2c2ccncc21. The fourth-order valence-electron chi connectivity index (χ4n) is 2.43. The molecule has 3 rings (SSSR count). The molecule has 0 aliphatic carbocycles. The number of rotatable bonds is 0. The molecule has 0 aromatic carbocycles. The Kier molecular flexibility index (Phi) is 1.84. The molecule has 0 spiro atoms. The van der Waals surface area contributed by atoms with Crippen molar-refractivity contribution in [2.75, 3.05) is 11.9 Å². The summed E-state index contributed by atoms with van der Waals surface area (Å²) in [5.41, 5.74) is 3.92. The minimum atomic E-state index is 0.510. The van der Waals surface area contributed by atoms with Crippen LogP contribution in [0.5, 0.6) is 0 Å². The lowest BCUT2D eigenvalue weighted by molar-refractivity contribution is 0.750. The van der Waals surface area contributed by atoms with Gasteiger partial charge in [-0.3, -0.25) is 9.98 Å². The van der Waals surface area contributed by atoms with Gasteiger partial charge in [0.25, 0.3) is 0 Å². The van der Waals surface area contributed by atoms with E-state index in [4.69, 9.17) is 0 Å². The molecule has 0 bridgehead atoms. The van der Waals surface area contributed by atoms with Crippen molar-refractivity contribution in [3.8, 4) is 0 Å². The molecule has 15 heavy (non-hydrogen) atoms. The number of aliphatic imine (C=N–C) groups is 1. The van der Waals surface area contributed by atoms with Crippen molar-refractivity contribution in [3.05, 3.63) is 35.9 Å². The van der Waals surface area contributed by atoms with Crippen molar-refractivity contribution in [1.82, 2.24) is 4.98 Å². The van der Waals surface area contributed by atoms with Crippen LogP contribution in [0.3, 0.4) is 0 Å². The first-order valence-electron chi connectivity index (χ1n) is 5.27. The molecule has 0 radical (unpaired) electrons. The predicted octanol–water partition coefficient (Wildman–Crippen LogP) is 2.32. The number of hydrogen-bond acceptors (Lipinski definition) is 3. The largest absolute Gasteiger partial charge is 0.345 e. The summed E-state index contributed by atoms with van der Waals surface area (Å²) in [7, 11) is 2.09. The first-order valence-corrected chi connectivity index (χ1v) is 5.27. The Labute approximate surface area is 89.2 Å². The summed E-state index contributed by atoms with van der Waals surface area (Å²) < 4.78 is 0. The molecule has 2 aliphatic rings. The van der Waals surface area contributed by atoms with E-state index in [2.05, 4.69) is 28.0 Å². The lowest BCUT2D eigenvalue weighted by Crippen LogP contribution is -2.12. The minimum absolute atomic E-state index is 0.510. The van der Waals surface area contributed by atoms with Gasteiger partial charge in [0.15, 0.2) is 0 Å². The van der Waals surface area contributed by atoms with E-state index >= 15 is 0 Å². The standard InChI is InChI=1S/C12H13N3/c1-15-11-7-13-5-2-3-9(11)10-4-6-14-8-12(10)15/h4-9H,2-3H2,1H3. The molecule has 3 nitrogen and oxygen atoms in total. The highest BCUT2D eigenvalue weighted by molar-refractivity contribution is 5.69. The minimum Gasteiger partial charge on any atom is -0.345 e. The molecule has 2 aliphatic heterocycles. The van der Waals surface area contributed by atoms with Gasteiger partial charge in [-0.25, -0.2) is 0 Å². The molecule has 0 amide bonds. The number of hydrogen-bond donors (Lipinski definition) is 0. The van der Waals surface area contributed by atoms with Crippen LogP contribution in [0.15, 0.2) is 35.3 Å². The first-order chi connectivity index (χ1) is 7.38. The molecule has 3 heterocycles. The van der Waals surface area contributed by atoms with Gasteiger partial charge in [0.05, 0.1) is 11.9 Å². The third kappa shape index (κ3) is 1.19. The van der Waals surface area contributed by atoms with E-state index in [9.17, 15) is 0 Å². The summed E-state index contributed by atoms with van der Waals surface area (Å²) in [6, 6.07) is 2.13. The van der Waals surface area contributed by atoms with Gasteiger partial charge in [-0.2, -0.15) is 0 Å². The normalized spacial score (nSPS) is 23.1. The highest BCUT2D eigenvalue weighted by Gasteiger charge is 2.31. The van der Waals surface area contributed by atoms with Crippen LogP contribution in [0.1, 0.15) is 24.3 Å². The van der Waals surface area contributed by atoms with Gasteiger partial charge in [0.1, 0.15) is 0 Å². The van der Waals surface area contributed by atoms with Crippen LogP contribution in [0.25, 0.3) is 0 Å². The topological polar surface area (TPSA) is 28.5 Å². The number of likely N-dealkylation sites (N-methyl/N-ethyl adjacent to an activating group) is 1. The quantitative estimate of drug-likeness (QED) is 0.641. The summed E-state index contributed by atoms with van der Waals surface area (Å²) in [4.78, 5) is 10.7. The zero-order valence-electron chi connectivity index (χ0n) is 8.72. The van der Waals surface area contributed by atoms with Crippen LogP contribution in [-0.2, 0) is 0 Å². The fraction of sp³-hybridized carbons (Fsp3) is 0.333. The van der Waals surface area contributed by atoms with Crippen LogP contribution < -0.4 is 4.90 Å². The van der Waals surface area contributed by atoms with E-state index in [-0.39, 0.29) is 0 Å². The maximum Gasteiger partial charge on any atom is 0.0632 e. The summed E-state index contributed by atoms with van der Waals surface area (Å²) >= 11 is 0. The molecule has 1 aromatic heterocycles.